The SMILES string of the molecule is Cc1ccccc1C(Cl)Cc1ccc2ccccc2c1. The molecule has 20 heavy (non-hydrogen) atoms. The highest BCUT2D eigenvalue weighted by atomic mass is 35.5. The van der Waals surface area contributed by atoms with E-state index in [4.69, 9.17) is 11.6 Å². The number of benzene rings is 3. The van der Waals surface area contributed by atoms with Crippen molar-refractivity contribution in [3.8, 4) is 0 Å². The summed E-state index contributed by atoms with van der Waals surface area (Å²) >= 11 is 6.60. The quantitative estimate of drug-likeness (QED) is 0.542. The molecule has 0 aliphatic rings. The summed E-state index contributed by atoms with van der Waals surface area (Å²) in [5.74, 6) is 0. The van der Waals surface area contributed by atoms with Crippen LogP contribution in [-0.2, 0) is 6.42 Å². The van der Waals surface area contributed by atoms with Crippen LogP contribution in [0.25, 0.3) is 10.8 Å². The van der Waals surface area contributed by atoms with E-state index in [0.29, 0.717) is 0 Å². The van der Waals surface area contributed by atoms with Gasteiger partial charge in [-0.15, -0.1) is 11.6 Å². The Kier molecular flexibility index (Phi) is 3.75. The number of hydrogen-bond acceptors (Lipinski definition) is 0. The van der Waals surface area contributed by atoms with Crippen LogP contribution in [0, 0.1) is 6.92 Å². The van der Waals surface area contributed by atoms with E-state index in [9.17, 15) is 0 Å². The zero-order valence-electron chi connectivity index (χ0n) is 11.5. The van der Waals surface area contributed by atoms with Crippen molar-refractivity contribution in [1.29, 1.82) is 0 Å². The van der Waals surface area contributed by atoms with Gasteiger partial charge < -0.3 is 0 Å². The van der Waals surface area contributed by atoms with E-state index in [1.54, 1.807) is 0 Å². The number of hydrogen-bond donors (Lipinski definition) is 0. The second kappa shape index (κ2) is 5.68. The molecule has 0 amide bonds. The normalized spacial score (nSPS) is 12.5. The Labute approximate surface area is 125 Å². The van der Waals surface area contributed by atoms with Crippen LogP contribution in [0.15, 0.2) is 66.7 Å². The molecule has 100 valence electrons. The molecule has 3 rings (SSSR count). The lowest BCUT2D eigenvalue weighted by Crippen LogP contribution is -1.98. The molecule has 1 unspecified atom stereocenters. The first-order valence-corrected chi connectivity index (χ1v) is 7.35. The van der Waals surface area contributed by atoms with Gasteiger partial charge in [0.1, 0.15) is 0 Å². The molecular formula is C19H17Cl. The molecule has 0 aromatic heterocycles. The maximum absolute atomic E-state index is 6.60. The number of rotatable bonds is 3. The van der Waals surface area contributed by atoms with E-state index >= 15 is 0 Å². The molecule has 0 saturated heterocycles. The van der Waals surface area contributed by atoms with Gasteiger partial charge in [0.2, 0.25) is 0 Å². The van der Waals surface area contributed by atoms with E-state index in [1.165, 1.54) is 27.5 Å². The van der Waals surface area contributed by atoms with E-state index in [-0.39, 0.29) is 5.38 Å². The van der Waals surface area contributed by atoms with Crippen molar-refractivity contribution in [2.75, 3.05) is 0 Å². The van der Waals surface area contributed by atoms with Gasteiger partial charge in [0.15, 0.2) is 0 Å². The fourth-order valence-electron chi connectivity index (χ4n) is 2.62. The molecule has 0 aliphatic carbocycles. The van der Waals surface area contributed by atoms with Gasteiger partial charge in [0, 0.05) is 0 Å². The standard InChI is InChI=1S/C19H17Cl/c1-14-6-2-5-9-18(14)19(20)13-15-10-11-16-7-3-4-8-17(16)12-15/h2-12,19H,13H2,1H3. The Balaban J connectivity index is 1.87. The van der Waals surface area contributed by atoms with Gasteiger partial charge in [0.05, 0.1) is 5.38 Å². The van der Waals surface area contributed by atoms with E-state index < -0.39 is 0 Å². The van der Waals surface area contributed by atoms with Crippen LogP contribution in [-0.4, -0.2) is 0 Å². The van der Waals surface area contributed by atoms with Crippen molar-refractivity contribution in [3.63, 3.8) is 0 Å². The number of alkyl halides is 1. The molecule has 0 aliphatic heterocycles. The molecule has 3 aromatic carbocycles. The molecular weight excluding hydrogens is 264 g/mol. The van der Waals surface area contributed by atoms with E-state index in [1.807, 2.05) is 0 Å². The highest BCUT2D eigenvalue weighted by Crippen LogP contribution is 2.28. The third-order valence-corrected chi connectivity index (χ3v) is 4.14. The third kappa shape index (κ3) is 2.71. The average molecular weight is 281 g/mol. The monoisotopic (exact) mass is 280 g/mol. The van der Waals surface area contributed by atoms with Gasteiger partial charge in [-0.2, -0.15) is 0 Å². The molecule has 0 saturated carbocycles. The zero-order chi connectivity index (χ0) is 13.9. The van der Waals surface area contributed by atoms with Gasteiger partial charge in [-0.1, -0.05) is 66.7 Å². The van der Waals surface area contributed by atoms with Crippen molar-refractivity contribution >= 4 is 22.4 Å². The molecule has 1 heteroatoms. The smallest absolute Gasteiger partial charge is 0.0628 e. The van der Waals surface area contributed by atoms with Gasteiger partial charge in [-0.05, 0) is 40.8 Å². The fourth-order valence-corrected chi connectivity index (χ4v) is 3.04. The Morgan fingerprint density at radius 3 is 2.35 bits per heavy atom. The lowest BCUT2D eigenvalue weighted by molar-refractivity contribution is 0.911. The summed E-state index contributed by atoms with van der Waals surface area (Å²) < 4.78 is 0. The predicted molar refractivity (Wildman–Crippen MR) is 87.4 cm³/mol. The second-order valence-corrected chi connectivity index (χ2v) is 5.74. The van der Waals surface area contributed by atoms with Crippen molar-refractivity contribution in [2.45, 2.75) is 18.7 Å². The lowest BCUT2D eigenvalue weighted by Gasteiger charge is -2.13. The lowest BCUT2D eigenvalue weighted by atomic mass is 9.98. The molecule has 0 spiro atoms. The van der Waals surface area contributed by atoms with Gasteiger partial charge >= 0.3 is 0 Å². The Bertz CT molecular complexity index is 730. The summed E-state index contributed by atoms with van der Waals surface area (Å²) in [6, 6.07) is 23.4. The van der Waals surface area contributed by atoms with E-state index in [0.717, 1.165) is 6.42 Å². The topological polar surface area (TPSA) is 0 Å². The molecule has 0 N–H and O–H groups in total. The summed E-state index contributed by atoms with van der Waals surface area (Å²) in [6.07, 6.45) is 0.858. The number of fused-ring (bicyclic) bond motifs is 1. The summed E-state index contributed by atoms with van der Waals surface area (Å²) in [7, 11) is 0. The first-order chi connectivity index (χ1) is 9.74. The molecule has 0 radical (unpaired) electrons. The average Bonchev–Trinajstić information content (AvgIpc) is 2.47. The zero-order valence-corrected chi connectivity index (χ0v) is 12.3. The van der Waals surface area contributed by atoms with Crippen LogP contribution >= 0.6 is 11.6 Å². The van der Waals surface area contributed by atoms with Crippen LogP contribution in [0.2, 0.25) is 0 Å². The van der Waals surface area contributed by atoms with Gasteiger partial charge in [-0.3, -0.25) is 0 Å². The molecule has 0 bridgehead atoms. The number of halogens is 1. The summed E-state index contributed by atoms with van der Waals surface area (Å²) in [4.78, 5) is 0. The second-order valence-electron chi connectivity index (χ2n) is 5.21. The Morgan fingerprint density at radius 2 is 1.55 bits per heavy atom. The highest BCUT2D eigenvalue weighted by Gasteiger charge is 2.11. The summed E-state index contributed by atoms with van der Waals surface area (Å²) in [5.41, 5.74) is 3.77. The first-order valence-electron chi connectivity index (χ1n) is 6.91. The molecule has 0 nitrogen and oxygen atoms in total. The van der Waals surface area contributed by atoms with Gasteiger partial charge in [0.25, 0.3) is 0 Å². The minimum atomic E-state index is 0.0253. The largest absolute Gasteiger partial charge is 0.117 e. The minimum Gasteiger partial charge on any atom is -0.117 e. The Hall–Kier alpha value is -1.79. The van der Waals surface area contributed by atoms with Crippen LogP contribution < -0.4 is 0 Å². The van der Waals surface area contributed by atoms with E-state index in [2.05, 4.69) is 73.7 Å². The maximum Gasteiger partial charge on any atom is 0.0628 e. The molecule has 0 heterocycles. The van der Waals surface area contributed by atoms with Crippen molar-refractivity contribution in [3.05, 3.63) is 83.4 Å². The fraction of sp³-hybridized carbons (Fsp3) is 0.158. The first kappa shape index (κ1) is 13.2. The predicted octanol–water partition coefficient (Wildman–Crippen LogP) is 5.67. The third-order valence-electron chi connectivity index (χ3n) is 3.75. The van der Waals surface area contributed by atoms with Gasteiger partial charge in [-0.25, -0.2) is 0 Å². The molecule has 1 atom stereocenters. The van der Waals surface area contributed by atoms with Crippen molar-refractivity contribution in [1.82, 2.24) is 0 Å². The van der Waals surface area contributed by atoms with Crippen LogP contribution in [0.3, 0.4) is 0 Å². The van der Waals surface area contributed by atoms with Crippen molar-refractivity contribution in [2.24, 2.45) is 0 Å². The minimum absolute atomic E-state index is 0.0253. The summed E-state index contributed by atoms with van der Waals surface area (Å²) in [5, 5.41) is 2.58. The van der Waals surface area contributed by atoms with Crippen LogP contribution in [0.5, 0.6) is 0 Å². The van der Waals surface area contributed by atoms with Crippen LogP contribution in [0.1, 0.15) is 22.1 Å². The Morgan fingerprint density at radius 1 is 0.850 bits per heavy atom. The highest BCUT2D eigenvalue weighted by molar-refractivity contribution is 6.21. The summed E-state index contributed by atoms with van der Waals surface area (Å²) in [6.45, 7) is 2.12. The van der Waals surface area contributed by atoms with Crippen molar-refractivity contribution < 1.29 is 0 Å². The maximum atomic E-state index is 6.60. The number of aryl methyl sites for hydroxylation is 1. The molecule has 3 aromatic rings. The van der Waals surface area contributed by atoms with Crippen LogP contribution in [0.4, 0.5) is 0 Å². The molecule has 0 fully saturated rings.